The fourth-order valence-corrected chi connectivity index (χ4v) is 2.68. The van der Waals surface area contributed by atoms with Gasteiger partial charge < -0.3 is 10.6 Å². The van der Waals surface area contributed by atoms with Gasteiger partial charge in [0.2, 0.25) is 0 Å². The molecule has 1 saturated heterocycles. The van der Waals surface area contributed by atoms with Crippen molar-refractivity contribution in [2.75, 3.05) is 36.8 Å². The first-order valence-corrected chi connectivity index (χ1v) is 6.54. The second kappa shape index (κ2) is 4.53. The van der Waals surface area contributed by atoms with Gasteiger partial charge in [-0.3, -0.25) is 4.90 Å². The number of nitrogens with zero attached hydrogens (tertiary/aromatic N) is 3. The Hall–Kier alpha value is -1.29. The molecule has 4 heteroatoms. The van der Waals surface area contributed by atoms with E-state index in [4.69, 9.17) is 5.73 Å². The van der Waals surface area contributed by atoms with Crippen LogP contribution in [0.5, 0.6) is 0 Å². The van der Waals surface area contributed by atoms with Gasteiger partial charge in [-0.15, -0.1) is 0 Å². The predicted octanol–water partition coefficient (Wildman–Crippen LogP) is 1.34. The van der Waals surface area contributed by atoms with E-state index in [1.54, 1.807) is 0 Å². The fourth-order valence-electron chi connectivity index (χ4n) is 2.68. The molecule has 4 nitrogen and oxygen atoms in total. The van der Waals surface area contributed by atoms with Gasteiger partial charge in [-0.25, -0.2) is 4.98 Å². The van der Waals surface area contributed by atoms with Crippen molar-refractivity contribution in [1.29, 1.82) is 0 Å². The van der Waals surface area contributed by atoms with Crippen LogP contribution < -0.4 is 10.6 Å². The molecule has 0 spiro atoms. The minimum absolute atomic E-state index is 0.615. The average Bonchev–Trinajstić information content (AvgIpc) is 2.28. The smallest absolute Gasteiger partial charge is 0.131 e. The Morgan fingerprint density at radius 1 is 1.12 bits per heavy atom. The minimum Gasteiger partial charge on any atom is -0.384 e. The Kier molecular flexibility index (Phi) is 2.89. The Morgan fingerprint density at radius 2 is 1.88 bits per heavy atom. The van der Waals surface area contributed by atoms with Gasteiger partial charge >= 0.3 is 0 Å². The summed E-state index contributed by atoms with van der Waals surface area (Å²) in [5, 5.41) is 0. The molecule has 2 fully saturated rings. The number of nitrogens with two attached hydrogens (primary N) is 1. The number of hydrogen-bond donors (Lipinski definition) is 1. The van der Waals surface area contributed by atoms with Crippen LogP contribution in [0.15, 0.2) is 18.2 Å². The third kappa shape index (κ3) is 2.22. The van der Waals surface area contributed by atoms with Crippen molar-refractivity contribution in [3.63, 3.8) is 0 Å². The Balaban J connectivity index is 1.60. The Morgan fingerprint density at radius 3 is 2.47 bits per heavy atom. The molecule has 1 saturated carbocycles. The van der Waals surface area contributed by atoms with Crippen LogP contribution in [0.4, 0.5) is 11.6 Å². The predicted molar refractivity (Wildman–Crippen MR) is 70.1 cm³/mol. The molecule has 3 rings (SSSR count). The summed E-state index contributed by atoms with van der Waals surface area (Å²) < 4.78 is 0. The van der Waals surface area contributed by atoms with Crippen LogP contribution in [0.3, 0.4) is 0 Å². The summed E-state index contributed by atoms with van der Waals surface area (Å²) in [5.41, 5.74) is 5.72. The first-order valence-electron chi connectivity index (χ1n) is 6.54. The second-order valence-corrected chi connectivity index (χ2v) is 5.03. The molecular weight excluding hydrogens is 212 g/mol. The van der Waals surface area contributed by atoms with E-state index in [-0.39, 0.29) is 0 Å². The van der Waals surface area contributed by atoms with Crippen molar-refractivity contribution in [2.24, 2.45) is 0 Å². The summed E-state index contributed by atoms with van der Waals surface area (Å²) in [7, 11) is 0. The van der Waals surface area contributed by atoms with Gasteiger partial charge in [0.15, 0.2) is 0 Å². The molecule has 2 N–H and O–H groups in total. The molecule has 17 heavy (non-hydrogen) atoms. The van der Waals surface area contributed by atoms with Gasteiger partial charge in [-0.05, 0) is 25.0 Å². The van der Waals surface area contributed by atoms with E-state index in [2.05, 4.69) is 20.9 Å². The number of rotatable bonds is 2. The number of aromatic nitrogens is 1. The summed E-state index contributed by atoms with van der Waals surface area (Å²) in [6, 6.07) is 6.74. The van der Waals surface area contributed by atoms with E-state index < -0.39 is 0 Å². The van der Waals surface area contributed by atoms with Gasteiger partial charge in [-0.2, -0.15) is 0 Å². The summed E-state index contributed by atoms with van der Waals surface area (Å²) >= 11 is 0. The molecule has 92 valence electrons. The van der Waals surface area contributed by atoms with E-state index >= 15 is 0 Å². The highest BCUT2D eigenvalue weighted by molar-refractivity contribution is 5.45. The monoisotopic (exact) mass is 232 g/mol. The molecule has 0 radical (unpaired) electrons. The lowest BCUT2D eigenvalue weighted by molar-refractivity contribution is 0.120. The fraction of sp³-hybridized carbons (Fsp3) is 0.615. The largest absolute Gasteiger partial charge is 0.384 e. The van der Waals surface area contributed by atoms with E-state index in [1.807, 2.05) is 12.1 Å². The first kappa shape index (κ1) is 10.8. The maximum Gasteiger partial charge on any atom is 0.131 e. The van der Waals surface area contributed by atoms with Crippen LogP contribution in [0.1, 0.15) is 19.3 Å². The molecule has 0 bridgehead atoms. The van der Waals surface area contributed by atoms with E-state index in [9.17, 15) is 0 Å². The third-order valence-electron chi connectivity index (χ3n) is 3.99. The van der Waals surface area contributed by atoms with Crippen molar-refractivity contribution in [3.8, 4) is 0 Å². The van der Waals surface area contributed by atoms with Crippen LogP contribution in [-0.2, 0) is 0 Å². The summed E-state index contributed by atoms with van der Waals surface area (Å²) in [6.07, 6.45) is 4.22. The lowest BCUT2D eigenvalue weighted by Crippen LogP contribution is -2.52. The number of anilines is 2. The quantitative estimate of drug-likeness (QED) is 0.836. The first-order chi connectivity index (χ1) is 8.33. The molecule has 0 atom stereocenters. The normalized spacial score (nSPS) is 22.5. The van der Waals surface area contributed by atoms with E-state index in [0.29, 0.717) is 5.82 Å². The van der Waals surface area contributed by atoms with Crippen molar-refractivity contribution in [3.05, 3.63) is 18.2 Å². The summed E-state index contributed by atoms with van der Waals surface area (Å²) in [5.74, 6) is 1.64. The topological polar surface area (TPSA) is 45.4 Å². The van der Waals surface area contributed by atoms with Gasteiger partial charge in [0, 0.05) is 32.2 Å². The molecule has 2 aliphatic rings. The SMILES string of the molecule is Nc1cccc(N2CCN(C3CCC3)CC2)n1. The highest BCUT2D eigenvalue weighted by Gasteiger charge is 2.28. The van der Waals surface area contributed by atoms with Crippen LogP contribution in [0.25, 0.3) is 0 Å². The summed E-state index contributed by atoms with van der Waals surface area (Å²) in [6.45, 7) is 4.49. The molecule has 1 aliphatic heterocycles. The molecule has 0 unspecified atom stereocenters. The van der Waals surface area contributed by atoms with Gasteiger partial charge in [-0.1, -0.05) is 12.5 Å². The average molecular weight is 232 g/mol. The van der Waals surface area contributed by atoms with Crippen molar-refractivity contribution in [1.82, 2.24) is 9.88 Å². The van der Waals surface area contributed by atoms with Crippen molar-refractivity contribution >= 4 is 11.6 Å². The standard InChI is InChI=1S/C13H20N4/c14-12-5-2-6-13(15-12)17-9-7-16(8-10-17)11-3-1-4-11/h2,5-6,11H,1,3-4,7-10H2,(H2,14,15). The van der Waals surface area contributed by atoms with Gasteiger partial charge in [0.25, 0.3) is 0 Å². The van der Waals surface area contributed by atoms with Crippen LogP contribution in [0, 0.1) is 0 Å². The van der Waals surface area contributed by atoms with Gasteiger partial charge in [0.05, 0.1) is 0 Å². The molecule has 0 amide bonds. The molecular formula is C13H20N4. The van der Waals surface area contributed by atoms with Crippen LogP contribution in [0.2, 0.25) is 0 Å². The van der Waals surface area contributed by atoms with Crippen molar-refractivity contribution in [2.45, 2.75) is 25.3 Å². The zero-order valence-corrected chi connectivity index (χ0v) is 10.2. The lowest BCUT2D eigenvalue weighted by Gasteiger charge is -2.43. The van der Waals surface area contributed by atoms with Crippen LogP contribution >= 0.6 is 0 Å². The molecule has 0 aromatic carbocycles. The lowest BCUT2D eigenvalue weighted by atomic mass is 9.91. The highest BCUT2D eigenvalue weighted by atomic mass is 15.3. The number of pyridine rings is 1. The summed E-state index contributed by atoms with van der Waals surface area (Å²) in [4.78, 5) is 9.36. The Bertz CT molecular complexity index is 381. The molecule has 1 aliphatic carbocycles. The zero-order chi connectivity index (χ0) is 11.7. The maximum absolute atomic E-state index is 5.72. The maximum atomic E-state index is 5.72. The highest BCUT2D eigenvalue weighted by Crippen LogP contribution is 2.26. The van der Waals surface area contributed by atoms with Gasteiger partial charge in [0.1, 0.15) is 11.6 Å². The molecule has 1 aromatic heterocycles. The molecule has 2 heterocycles. The number of hydrogen-bond acceptors (Lipinski definition) is 4. The van der Waals surface area contributed by atoms with E-state index in [1.165, 1.54) is 32.4 Å². The van der Waals surface area contributed by atoms with E-state index in [0.717, 1.165) is 24.9 Å². The number of nitrogen functional groups attached to an aromatic ring is 1. The number of piperazine rings is 1. The Labute approximate surface area is 102 Å². The zero-order valence-electron chi connectivity index (χ0n) is 10.2. The van der Waals surface area contributed by atoms with Crippen molar-refractivity contribution < 1.29 is 0 Å². The minimum atomic E-state index is 0.615. The van der Waals surface area contributed by atoms with Crippen LogP contribution in [-0.4, -0.2) is 42.1 Å². The third-order valence-corrected chi connectivity index (χ3v) is 3.99. The molecule has 1 aromatic rings. The second-order valence-electron chi connectivity index (χ2n) is 5.03.